The molecule has 0 aliphatic heterocycles. The van der Waals surface area contributed by atoms with Crippen molar-refractivity contribution < 1.29 is 11.0 Å². The molecule has 0 amide bonds. The van der Waals surface area contributed by atoms with Crippen LogP contribution in [0.3, 0.4) is 0 Å². The number of rotatable bonds is 0. The van der Waals surface area contributed by atoms with E-state index in [-0.39, 0.29) is 94.2 Å². The fourth-order valence-corrected chi connectivity index (χ4v) is 0. The Morgan fingerprint density at radius 1 is 0.750 bits per heavy atom. The molecule has 0 heterocycles. The van der Waals surface area contributed by atoms with Crippen LogP contribution in [0.1, 0.15) is 0 Å². The van der Waals surface area contributed by atoms with E-state index in [2.05, 4.69) is 0 Å². The summed E-state index contributed by atoms with van der Waals surface area (Å²) in [4.78, 5) is 0. The average molecular weight is 164 g/mol. The third-order valence-corrected chi connectivity index (χ3v) is 0. The van der Waals surface area contributed by atoms with Crippen molar-refractivity contribution in [3.63, 3.8) is 0 Å². The number of hydrogen-bond donors (Lipinski definition) is 0. The van der Waals surface area contributed by atoms with Gasteiger partial charge in [0, 0.05) is 0 Å². The van der Waals surface area contributed by atoms with Crippen LogP contribution in [-0.4, -0.2) is 94.2 Å². The summed E-state index contributed by atoms with van der Waals surface area (Å²) in [5.74, 6) is 0. The van der Waals surface area contributed by atoms with Gasteiger partial charge in [0.2, 0.25) is 0 Å². The first kappa shape index (κ1) is 30.2. The van der Waals surface area contributed by atoms with Gasteiger partial charge in [-0.05, 0) is 0 Å². The second kappa shape index (κ2) is 17.4. The third-order valence-electron chi connectivity index (χ3n) is 0. The summed E-state index contributed by atoms with van der Waals surface area (Å²) in [7, 11) is 0. The van der Waals surface area contributed by atoms with Crippen molar-refractivity contribution >= 4 is 83.2 Å². The summed E-state index contributed by atoms with van der Waals surface area (Å²) in [6, 6.07) is 0. The molecule has 4 heavy (non-hydrogen) atoms. The van der Waals surface area contributed by atoms with Crippen LogP contribution in [0.15, 0.2) is 0 Å². The summed E-state index contributed by atoms with van der Waals surface area (Å²) < 4.78 is 0. The molecule has 0 saturated carbocycles. The Morgan fingerprint density at radius 3 is 0.750 bits per heavy atom. The molecule has 0 aliphatic rings. The fraction of sp³-hybridized carbons (Fsp3) is 0. The van der Waals surface area contributed by atoms with Crippen LogP contribution in [0.4, 0.5) is 0 Å². The first-order valence-corrected chi connectivity index (χ1v) is 0. The Morgan fingerprint density at radius 2 is 0.750 bits per heavy atom. The normalized spacial score (nSPS) is 0. The first-order valence-electron chi connectivity index (χ1n) is 0. The van der Waals surface area contributed by atoms with E-state index in [9.17, 15) is 0 Å². The summed E-state index contributed by atoms with van der Waals surface area (Å²) in [5.41, 5.74) is 0. The van der Waals surface area contributed by atoms with Crippen LogP contribution in [0.25, 0.3) is 0 Å². The maximum Gasteiger partial charge on any atom is 2.00 e. The van der Waals surface area contributed by atoms with Crippen LogP contribution in [0.5, 0.6) is 0 Å². The van der Waals surface area contributed by atoms with Crippen LogP contribution in [0, 0.1) is 0 Å². The minimum Gasteiger partial charge on any atom is -0.412 e. The standard InChI is InChI=1S/Ca.2H2O.Sr/h;2*1H2;/q+2;;;+2. The van der Waals surface area contributed by atoms with Gasteiger partial charge in [-0.2, -0.15) is 0 Å². The minimum atomic E-state index is 0. The average Bonchev–Trinajstić information content (AvgIpc) is 0. The van der Waals surface area contributed by atoms with Gasteiger partial charge in [-0.3, -0.25) is 0 Å². The van der Waals surface area contributed by atoms with Crippen LogP contribution >= 0.6 is 0 Å². The quantitative estimate of drug-likeness (QED) is 0.358. The van der Waals surface area contributed by atoms with Crippen molar-refractivity contribution in [3.05, 3.63) is 0 Å². The molecule has 4 N–H and O–H groups in total. The molecule has 0 bridgehead atoms. The van der Waals surface area contributed by atoms with Crippen molar-refractivity contribution in [3.8, 4) is 0 Å². The van der Waals surface area contributed by atoms with Crippen molar-refractivity contribution in [2.24, 2.45) is 0 Å². The minimum absolute atomic E-state index is 0. The van der Waals surface area contributed by atoms with Gasteiger partial charge < -0.3 is 11.0 Å². The predicted octanol–water partition coefficient (Wildman–Crippen LogP) is -2.41. The van der Waals surface area contributed by atoms with Crippen LogP contribution in [0.2, 0.25) is 0 Å². The molecule has 0 atom stereocenters. The molecule has 0 spiro atoms. The summed E-state index contributed by atoms with van der Waals surface area (Å²) in [6.07, 6.45) is 0. The topological polar surface area (TPSA) is 63.0 Å². The van der Waals surface area contributed by atoms with Crippen LogP contribution < -0.4 is 0 Å². The van der Waals surface area contributed by atoms with Gasteiger partial charge >= 0.3 is 83.2 Å². The Kier molecular flexibility index (Phi) is 131. The molecule has 0 fully saturated rings. The molecule has 0 aromatic rings. The van der Waals surface area contributed by atoms with E-state index in [1.54, 1.807) is 0 Å². The first-order chi connectivity index (χ1) is 0. The van der Waals surface area contributed by atoms with E-state index >= 15 is 0 Å². The molecule has 0 aromatic carbocycles. The van der Waals surface area contributed by atoms with E-state index in [4.69, 9.17) is 0 Å². The van der Waals surface area contributed by atoms with Crippen molar-refractivity contribution in [1.29, 1.82) is 0 Å². The molecule has 0 aromatic heterocycles. The SMILES string of the molecule is O.O.[Ca+2].[Sr+2]. The van der Waals surface area contributed by atoms with Crippen molar-refractivity contribution in [2.75, 3.05) is 0 Å². The second-order valence-corrected chi connectivity index (χ2v) is 0. The molecular formula is H4CaO2Sr+4. The predicted molar refractivity (Wildman–Crippen MR) is 18.7 cm³/mol. The van der Waals surface area contributed by atoms with Gasteiger partial charge in [0.05, 0.1) is 0 Å². The van der Waals surface area contributed by atoms with Gasteiger partial charge in [-0.25, -0.2) is 0 Å². The molecule has 16 valence electrons. The van der Waals surface area contributed by atoms with E-state index in [0.29, 0.717) is 0 Å². The Balaban J connectivity index is 0. The summed E-state index contributed by atoms with van der Waals surface area (Å²) in [6.45, 7) is 0. The zero-order chi connectivity index (χ0) is 0. The monoisotopic (exact) mass is 164 g/mol. The molecule has 0 aliphatic carbocycles. The third kappa shape index (κ3) is 8.82. The van der Waals surface area contributed by atoms with E-state index in [1.807, 2.05) is 0 Å². The zero-order valence-electron chi connectivity index (χ0n) is 2.41. The van der Waals surface area contributed by atoms with Gasteiger partial charge in [0.25, 0.3) is 0 Å². The summed E-state index contributed by atoms with van der Waals surface area (Å²) >= 11 is 0. The molecule has 2 nitrogen and oxygen atoms in total. The molecule has 0 radical (unpaired) electrons. The summed E-state index contributed by atoms with van der Waals surface area (Å²) in [5, 5.41) is 0. The maximum absolute atomic E-state index is 0. The molecule has 0 unspecified atom stereocenters. The molecule has 4 heteroatoms. The maximum atomic E-state index is 0. The van der Waals surface area contributed by atoms with E-state index in [1.165, 1.54) is 0 Å². The fourth-order valence-electron chi connectivity index (χ4n) is 0. The van der Waals surface area contributed by atoms with Crippen molar-refractivity contribution in [2.45, 2.75) is 0 Å². The molecule has 0 rings (SSSR count). The number of hydrogen-bond acceptors (Lipinski definition) is 0. The van der Waals surface area contributed by atoms with E-state index < -0.39 is 0 Å². The Bertz CT molecular complexity index is 6.00. The van der Waals surface area contributed by atoms with Gasteiger partial charge in [0.1, 0.15) is 0 Å². The van der Waals surface area contributed by atoms with Gasteiger partial charge in [-0.15, -0.1) is 0 Å². The van der Waals surface area contributed by atoms with Gasteiger partial charge in [-0.1, -0.05) is 0 Å². The van der Waals surface area contributed by atoms with E-state index in [0.717, 1.165) is 0 Å². The van der Waals surface area contributed by atoms with Crippen LogP contribution in [-0.2, 0) is 0 Å². The Hall–Kier alpha value is 2.66. The van der Waals surface area contributed by atoms with Gasteiger partial charge in [0.15, 0.2) is 0 Å². The zero-order valence-corrected chi connectivity index (χ0v) is 8.10. The largest absolute Gasteiger partial charge is 2.00 e. The van der Waals surface area contributed by atoms with Crippen molar-refractivity contribution in [1.82, 2.24) is 0 Å². The molecular weight excluding hydrogens is 160 g/mol. The Labute approximate surface area is 91.8 Å². The smallest absolute Gasteiger partial charge is 0.412 e. The molecule has 0 saturated heterocycles. The second-order valence-electron chi connectivity index (χ2n) is 0.